The van der Waals surface area contributed by atoms with E-state index in [2.05, 4.69) is 27.7 Å². The van der Waals surface area contributed by atoms with Crippen molar-refractivity contribution in [1.82, 2.24) is 0 Å². The molecule has 0 aromatic rings. The van der Waals surface area contributed by atoms with Gasteiger partial charge in [0.15, 0.2) is 0 Å². The number of hydrogen-bond donors (Lipinski definition) is 0. The van der Waals surface area contributed by atoms with Crippen molar-refractivity contribution in [2.75, 3.05) is 23.0 Å². The maximum absolute atomic E-state index is 12.0. The van der Waals surface area contributed by atoms with E-state index in [-0.39, 0.29) is 19.5 Å². The zero-order valence-electron chi connectivity index (χ0n) is 34.3. The zero-order valence-corrected chi connectivity index (χ0v) is 42.3. The second-order valence-electron chi connectivity index (χ2n) is 14.1. The Morgan fingerprint density at radius 1 is 0.294 bits per heavy atom. The van der Waals surface area contributed by atoms with Gasteiger partial charge in [-0.1, -0.05) is 207 Å². The second kappa shape index (κ2) is 46.8. The van der Waals surface area contributed by atoms with Crippen LogP contribution in [0, 0.1) is 0 Å². The van der Waals surface area contributed by atoms with Crippen molar-refractivity contribution >= 4 is 57.1 Å². The molecule has 0 saturated heterocycles. The van der Waals surface area contributed by atoms with Crippen LogP contribution in [0.2, 0.25) is 0 Å². The summed E-state index contributed by atoms with van der Waals surface area (Å²) < 4.78 is 24.0. The maximum Gasteiger partial charge on any atom is 2.00 e. The summed E-state index contributed by atoms with van der Waals surface area (Å²) in [5.41, 5.74) is 0. The Bertz CT molecular complexity index is 643. The Morgan fingerprint density at radius 2 is 0.431 bits per heavy atom. The third-order valence-electron chi connectivity index (χ3n) is 8.99. The van der Waals surface area contributed by atoms with E-state index in [1.54, 1.807) is 0 Å². The summed E-state index contributed by atoms with van der Waals surface area (Å²) in [7, 11) is 0. The predicted molar refractivity (Wildman–Crippen MR) is 235 cm³/mol. The summed E-state index contributed by atoms with van der Waals surface area (Å²) in [6, 6.07) is 0. The van der Waals surface area contributed by atoms with Crippen molar-refractivity contribution < 1.29 is 38.4 Å². The molecule has 0 unspecified atom stereocenters. The minimum atomic E-state index is -3.25. The first-order valence-corrected chi connectivity index (χ1v) is 31.1. The van der Waals surface area contributed by atoms with E-state index < -0.39 is 11.5 Å². The largest absolute Gasteiger partial charge is 2.00 e. The number of hydrogen-bond acceptors (Lipinski definition) is 8. The van der Waals surface area contributed by atoms with Crippen LogP contribution in [0.1, 0.15) is 233 Å². The number of rotatable bonds is 40. The van der Waals surface area contributed by atoms with E-state index in [9.17, 15) is 18.9 Å². The molecule has 0 radical (unpaired) electrons. The first-order chi connectivity index (χ1) is 24.2. The standard InChI is InChI=1S/2C20H43O2PS2.Zn/c2*1-3-5-7-9-11-13-15-17-19-24-23(21,22)25-20-18-16-14-12-10-8-6-4-2;/h2*3-20H2,1-2H3,(H,21,22);/q;;+2/p-2. The van der Waals surface area contributed by atoms with Gasteiger partial charge in [0.25, 0.3) is 0 Å². The Kier molecular flexibility index (Phi) is 53.0. The van der Waals surface area contributed by atoms with Gasteiger partial charge in [0.2, 0.25) is 0 Å². The fraction of sp³-hybridized carbons (Fsp3) is 1.00. The molecule has 4 nitrogen and oxygen atoms in total. The molecule has 0 rings (SSSR count). The first-order valence-electron chi connectivity index (χ1n) is 21.4. The van der Waals surface area contributed by atoms with Crippen LogP contribution in [0.4, 0.5) is 0 Å². The third kappa shape index (κ3) is 52.4. The van der Waals surface area contributed by atoms with Crippen molar-refractivity contribution in [3.8, 4) is 0 Å². The van der Waals surface area contributed by atoms with Crippen LogP contribution < -0.4 is 9.79 Å². The first kappa shape index (κ1) is 57.7. The summed E-state index contributed by atoms with van der Waals surface area (Å²) in [5.74, 6) is -3.39. The van der Waals surface area contributed by atoms with E-state index >= 15 is 0 Å². The second-order valence-corrected chi connectivity index (χ2v) is 28.8. The van der Waals surface area contributed by atoms with Crippen molar-refractivity contribution in [2.24, 2.45) is 0 Å². The SMILES string of the molecule is CCCCCCCCCCSP(=O)([O-])SCCCCCCCCCC.CCCCCCCCCCSP(=O)([O-])SCCCCCCCCCC.[Zn+2]. The molecule has 304 valence electrons. The molecule has 0 amide bonds. The van der Waals surface area contributed by atoms with Gasteiger partial charge < -0.3 is 18.9 Å². The van der Waals surface area contributed by atoms with Gasteiger partial charge in [-0.3, -0.25) is 0 Å². The van der Waals surface area contributed by atoms with E-state index in [0.29, 0.717) is 0 Å². The molecule has 0 N–H and O–H groups in total. The molecule has 0 aromatic heterocycles. The Labute approximate surface area is 349 Å². The van der Waals surface area contributed by atoms with Crippen molar-refractivity contribution in [1.29, 1.82) is 0 Å². The minimum absolute atomic E-state index is 0. The summed E-state index contributed by atoms with van der Waals surface area (Å²) in [6.07, 6.45) is 40.6. The molecule has 0 heterocycles. The van der Waals surface area contributed by atoms with E-state index in [0.717, 1.165) is 48.7 Å². The molecular formula is C40H84O4P2S4Zn. The van der Waals surface area contributed by atoms with Gasteiger partial charge in [0.1, 0.15) is 11.5 Å². The maximum atomic E-state index is 12.0. The fourth-order valence-electron chi connectivity index (χ4n) is 5.72. The quantitative estimate of drug-likeness (QED) is 0.0342. The van der Waals surface area contributed by atoms with Gasteiger partial charge in [-0.15, -0.1) is 45.5 Å². The Hall–Kier alpha value is 2.40. The monoisotopic (exact) mass is 882 g/mol. The van der Waals surface area contributed by atoms with Gasteiger partial charge in [0.05, 0.1) is 0 Å². The molecule has 0 aliphatic heterocycles. The minimum Gasteiger partial charge on any atom is -0.784 e. The van der Waals surface area contributed by atoms with Gasteiger partial charge in [-0.05, 0) is 25.7 Å². The summed E-state index contributed by atoms with van der Waals surface area (Å²) in [6.45, 7) is 8.96. The molecule has 0 aliphatic rings. The van der Waals surface area contributed by atoms with Crippen LogP contribution in [-0.2, 0) is 28.6 Å². The smallest absolute Gasteiger partial charge is 0.784 e. The molecule has 11 heteroatoms. The molecule has 0 bridgehead atoms. The molecule has 0 aromatic carbocycles. The van der Waals surface area contributed by atoms with Gasteiger partial charge in [-0.25, -0.2) is 0 Å². The van der Waals surface area contributed by atoms with Crippen molar-refractivity contribution in [3.05, 3.63) is 0 Å². The summed E-state index contributed by atoms with van der Waals surface area (Å²) in [5, 5.41) is 0. The molecule has 51 heavy (non-hydrogen) atoms. The summed E-state index contributed by atoms with van der Waals surface area (Å²) in [4.78, 5) is 24.0. The normalized spacial score (nSPS) is 11.7. The van der Waals surface area contributed by atoms with Gasteiger partial charge in [-0.2, -0.15) is 0 Å². The van der Waals surface area contributed by atoms with Crippen LogP contribution in [0.15, 0.2) is 0 Å². The van der Waals surface area contributed by atoms with E-state index in [1.165, 1.54) is 225 Å². The molecule has 0 spiro atoms. The average Bonchev–Trinajstić information content (AvgIpc) is 3.09. The molecule has 0 saturated carbocycles. The average molecular weight is 885 g/mol. The van der Waals surface area contributed by atoms with Crippen LogP contribution in [0.25, 0.3) is 0 Å². The molecule has 0 fully saturated rings. The topological polar surface area (TPSA) is 80.3 Å². The van der Waals surface area contributed by atoms with Gasteiger partial charge >= 0.3 is 19.5 Å². The molecular weight excluding hydrogens is 800 g/mol. The zero-order chi connectivity index (χ0) is 37.3. The van der Waals surface area contributed by atoms with Crippen molar-refractivity contribution in [3.63, 3.8) is 0 Å². The van der Waals surface area contributed by atoms with Crippen LogP contribution in [0.3, 0.4) is 0 Å². The van der Waals surface area contributed by atoms with Gasteiger partial charge in [0, 0.05) is 23.0 Å². The molecule has 0 aliphatic carbocycles. The molecule has 0 atom stereocenters. The van der Waals surface area contributed by atoms with E-state index in [1.807, 2.05) is 0 Å². The predicted octanol–water partition coefficient (Wildman–Crippen LogP) is 16.4. The third-order valence-corrected chi connectivity index (χ3v) is 21.9. The van der Waals surface area contributed by atoms with Crippen LogP contribution in [-0.4, -0.2) is 23.0 Å². The Balaban J connectivity index is -0.000000886. The van der Waals surface area contributed by atoms with Crippen LogP contribution >= 0.6 is 57.1 Å². The van der Waals surface area contributed by atoms with Crippen molar-refractivity contribution in [2.45, 2.75) is 233 Å². The van der Waals surface area contributed by atoms with E-state index in [4.69, 9.17) is 0 Å². The Morgan fingerprint density at radius 3 is 0.588 bits per heavy atom. The fourth-order valence-corrected chi connectivity index (χ4v) is 16.8. The van der Waals surface area contributed by atoms with Crippen LogP contribution in [0.5, 0.6) is 0 Å². The summed E-state index contributed by atoms with van der Waals surface area (Å²) >= 11 is 4.76. The number of unbranched alkanes of at least 4 members (excludes halogenated alkanes) is 28.